The first-order valence-electron chi connectivity index (χ1n) is 5.76. The number of carbonyl (C=O) groups is 1. The Morgan fingerprint density at radius 3 is 2.58 bits per heavy atom. The second-order valence-corrected chi connectivity index (χ2v) is 4.67. The van der Waals surface area contributed by atoms with Crippen molar-refractivity contribution in [1.29, 1.82) is 0 Å². The molecule has 3 N–H and O–H groups in total. The van der Waals surface area contributed by atoms with Crippen molar-refractivity contribution in [1.82, 2.24) is 0 Å². The standard InChI is InChI=1S/C14H14N2O2S/c1-8-4-3-5-10(12(8)13(15)19)16-14(17)11-7-6-9(2)18-11/h3-7H,1-2H3,(H2,15,19)(H,16,17). The van der Waals surface area contributed by atoms with Gasteiger partial charge in [-0.2, -0.15) is 0 Å². The van der Waals surface area contributed by atoms with Gasteiger partial charge in [0.15, 0.2) is 5.76 Å². The van der Waals surface area contributed by atoms with Crippen molar-refractivity contribution in [2.24, 2.45) is 5.73 Å². The van der Waals surface area contributed by atoms with Gasteiger partial charge in [0.25, 0.3) is 5.91 Å². The Morgan fingerprint density at radius 1 is 1.26 bits per heavy atom. The van der Waals surface area contributed by atoms with Crippen molar-refractivity contribution in [3.63, 3.8) is 0 Å². The molecule has 0 spiro atoms. The molecule has 0 fully saturated rings. The fourth-order valence-corrected chi connectivity index (χ4v) is 2.11. The van der Waals surface area contributed by atoms with E-state index in [1.54, 1.807) is 25.1 Å². The Labute approximate surface area is 116 Å². The van der Waals surface area contributed by atoms with Crippen molar-refractivity contribution < 1.29 is 9.21 Å². The lowest BCUT2D eigenvalue weighted by molar-refractivity contribution is 0.0995. The number of benzene rings is 1. The van der Waals surface area contributed by atoms with E-state index >= 15 is 0 Å². The molecule has 0 saturated carbocycles. The largest absolute Gasteiger partial charge is 0.456 e. The van der Waals surface area contributed by atoms with E-state index in [-0.39, 0.29) is 16.7 Å². The number of carbonyl (C=O) groups excluding carboxylic acids is 1. The van der Waals surface area contributed by atoms with Crippen LogP contribution >= 0.6 is 12.2 Å². The highest BCUT2D eigenvalue weighted by Crippen LogP contribution is 2.20. The van der Waals surface area contributed by atoms with Gasteiger partial charge in [-0.25, -0.2) is 0 Å². The third-order valence-electron chi connectivity index (χ3n) is 2.73. The van der Waals surface area contributed by atoms with Crippen molar-refractivity contribution in [3.05, 3.63) is 53.0 Å². The predicted octanol–water partition coefficient (Wildman–Crippen LogP) is 2.78. The Morgan fingerprint density at radius 2 is 2.00 bits per heavy atom. The summed E-state index contributed by atoms with van der Waals surface area (Å²) in [6.45, 7) is 3.67. The summed E-state index contributed by atoms with van der Waals surface area (Å²) in [5.74, 6) is 0.619. The number of hydrogen-bond acceptors (Lipinski definition) is 3. The maximum absolute atomic E-state index is 12.0. The number of rotatable bonds is 3. The average Bonchev–Trinajstić information content (AvgIpc) is 2.75. The lowest BCUT2D eigenvalue weighted by Crippen LogP contribution is -2.18. The molecule has 0 atom stereocenters. The summed E-state index contributed by atoms with van der Waals surface area (Å²) in [6.07, 6.45) is 0. The number of thiocarbonyl (C=S) groups is 1. The van der Waals surface area contributed by atoms with Crippen molar-refractivity contribution in [2.75, 3.05) is 5.32 Å². The molecule has 0 unspecified atom stereocenters. The molecule has 2 rings (SSSR count). The Hall–Kier alpha value is -2.14. The lowest BCUT2D eigenvalue weighted by atomic mass is 10.1. The monoisotopic (exact) mass is 274 g/mol. The van der Waals surface area contributed by atoms with Crippen LogP contribution in [0, 0.1) is 13.8 Å². The van der Waals surface area contributed by atoms with Gasteiger partial charge < -0.3 is 15.5 Å². The third-order valence-corrected chi connectivity index (χ3v) is 2.94. The first-order valence-corrected chi connectivity index (χ1v) is 6.17. The molecule has 0 radical (unpaired) electrons. The summed E-state index contributed by atoms with van der Waals surface area (Å²) >= 11 is 5.01. The zero-order chi connectivity index (χ0) is 14.0. The average molecular weight is 274 g/mol. The van der Waals surface area contributed by atoms with Gasteiger partial charge in [0, 0.05) is 5.56 Å². The van der Waals surface area contributed by atoms with Crippen LogP contribution in [0.1, 0.15) is 27.4 Å². The summed E-state index contributed by atoms with van der Waals surface area (Å²) in [7, 11) is 0. The fourth-order valence-electron chi connectivity index (χ4n) is 1.84. The molecule has 98 valence electrons. The van der Waals surface area contributed by atoms with Crippen LogP contribution in [-0.4, -0.2) is 10.9 Å². The molecular formula is C14H14N2O2S. The van der Waals surface area contributed by atoms with E-state index < -0.39 is 0 Å². The molecule has 0 aliphatic rings. The predicted molar refractivity (Wildman–Crippen MR) is 78.5 cm³/mol. The zero-order valence-electron chi connectivity index (χ0n) is 10.7. The summed E-state index contributed by atoms with van der Waals surface area (Å²) in [6, 6.07) is 8.84. The minimum Gasteiger partial charge on any atom is -0.456 e. The highest BCUT2D eigenvalue weighted by molar-refractivity contribution is 7.80. The second-order valence-electron chi connectivity index (χ2n) is 4.23. The van der Waals surface area contributed by atoms with Gasteiger partial charge in [-0.1, -0.05) is 24.4 Å². The summed E-state index contributed by atoms with van der Waals surface area (Å²) in [5.41, 5.74) is 7.87. The Bertz CT molecular complexity index is 647. The van der Waals surface area contributed by atoms with Crippen molar-refractivity contribution in [3.8, 4) is 0 Å². The maximum atomic E-state index is 12.0. The van der Waals surface area contributed by atoms with E-state index in [1.165, 1.54) is 0 Å². The SMILES string of the molecule is Cc1ccc(C(=O)Nc2cccc(C)c2C(N)=S)o1. The van der Waals surface area contributed by atoms with Gasteiger partial charge >= 0.3 is 0 Å². The molecule has 1 aromatic heterocycles. The van der Waals surface area contributed by atoms with Crippen molar-refractivity contribution >= 4 is 28.8 Å². The highest BCUT2D eigenvalue weighted by Gasteiger charge is 2.14. The van der Waals surface area contributed by atoms with E-state index in [2.05, 4.69) is 5.32 Å². The first-order chi connectivity index (χ1) is 8.99. The van der Waals surface area contributed by atoms with Crippen LogP contribution in [0.5, 0.6) is 0 Å². The number of amides is 1. The Kier molecular flexibility index (Phi) is 3.66. The molecule has 0 bridgehead atoms. The number of hydrogen-bond donors (Lipinski definition) is 2. The summed E-state index contributed by atoms with van der Waals surface area (Å²) in [4.78, 5) is 12.3. The minimum atomic E-state index is -0.323. The van der Waals surface area contributed by atoms with E-state index in [0.29, 0.717) is 17.0 Å². The first kappa shape index (κ1) is 13.3. The smallest absolute Gasteiger partial charge is 0.291 e. The molecule has 19 heavy (non-hydrogen) atoms. The van der Waals surface area contributed by atoms with Crippen LogP contribution in [0.15, 0.2) is 34.7 Å². The molecular weight excluding hydrogens is 260 g/mol. The maximum Gasteiger partial charge on any atom is 0.291 e. The van der Waals surface area contributed by atoms with E-state index in [9.17, 15) is 4.79 Å². The van der Waals surface area contributed by atoms with Gasteiger partial charge in [0.1, 0.15) is 10.7 Å². The van der Waals surface area contributed by atoms with Crippen LogP contribution in [-0.2, 0) is 0 Å². The molecule has 1 amide bonds. The third kappa shape index (κ3) is 2.82. The fraction of sp³-hybridized carbons (Fsp3) is 0.143. The topological polar surface area (TPSA) is 68.3 Å². The van der Waals surface area contributed by atoms with Gasteiger partial charge in [0.05, 0.1) is 5.69 Å². The van der Waals surface area contributed by atoms with E-state index in [4.69, 9.17) is 22.4 Å². The van der Waals surface area contributed by atoms with E-state index in [1.807, 2.05) is 19.1 Å². The lowest BCUT2D eigenvalue weighted by Gasteiger charge is -2.11. The zero-order valence-corrected chi connectivity index (χ0v) is 11.5. The summed E-state index contributed by atoms with van der Waals surface area (Å²) in [5, 5.41) is 2.76. The van der Waals surface area contributed by atoms with Gasteiger partial charge in [-0.05, 0) is 37.6 Å². The quantitative estimate of drug-likeness (QED) is 0.844. The molecule has 2 aromatic rings. The number of aryl methyl sites for hydroxylation is 2. The van der Waals surface area contributed by atoms with Crippen LogP contribution < -0.4 is 11.1 Å². The van der Waals surface area contributed by atoms with Gasteiger partial charge in [-0.3, -0.25) is 4.79 Å². The number of nitrogens with one attached hydrogen (secondary N) is 1. The normalized spacial score (nSPS) is 10.2. The highest BCUT2D eigenvalue weighted by atomic mass is 32.1. The minimum absolute atomic E-state index is 0.254. The van der Waals surface area contributed by atoms with Crippen LogP contribution in [0.25, 0.3) is 0 Å². The van der Waals surface area contributed by atoms with Crippen molar-refractivity contribution in [2.45, 2.75) is 13.8 Å². The second kappa shape index (κ2) is 5.24. The number of nitrogens with two attached hydrogens (primary N) is 1. The molecule has 1 aromatic carbocycles. The van der Waals surface area contributed by atoms with Gasteiger partial charge in [-0.15, -0.1) is 0 Å². The molecule has 0 aliphatic carbocycles. The molecule has 5 heteroatoms. The summed E-state index contributed by atoms with van der Waals surface area (Å²) < 4.78 is 5.27. The molecule has 0 saturated heterocycles. The Balaban J connectivity index is 2.31. The van der Waals surface area contributed by atoms with Crippen LogP contribution in [0.3, 0.4) is 0 Å². The van der Waals surface area contributed by atoms with Gasteiger partial charge in [0.2, 0.25) is 0 Å². The number of furan rings is 1. The van der Waals surface area contributed by atoms with Crippen LogP contribution in [0.2, 0.25) is 0 Å². The van der Waals surface area contributed by atoms with Crippen LogP contribution in [0.4, 0.5) is 5.69 Å². The molecule has 1 heterocycles. The van der Waals surface area contributed by atoms with E-state index in [0.717, 1.165) is 5.56 Å². The number of anilines is 1. The molecule has 4 nitrogen and oxygen atoms in total. The molecule has 0 aliphatic heterocycles.